The van der Waals surface area contributed by atoms with Crippen molar-refractivity contribution in [1.82, 2.24) is 4.98 Å². The largest absolute Gasteiger partial charge is 0.457 e. The van der Waals surface area contributed by atoms with Crippen LogP contribution in [0.1, 0.15) is 11.1 Å². The molecule has 0 amide bonds. The van der Waals surface area contributed by atoms with E-state index in [2.05, 4.69) is 84.2 Å². The maximum Gasteiger partial charge on any atom is 0.129 e. The zero-order chi connectivity index (χ0) is 30.0. The molecular formula is C39H33N3O2. The van der Waals surface area contributed by atoms with E-state index in [0.717, 1.165) is 57.7 Å². The van der Waals surface area contributed by atoms with E-state index >= 15 is 0 Å². The molecular weight excluding hydrogens is 542 g/mol. The minimum atomic E-state index is 0.760. The van der Waals surface area contributed by atoms with Gasteiger partial charge in [-0.1, -0.05) is 48.5 Å². The molecule has 0 spiro atoms. The molecule has 1 aliphatic heterocycles. The minimum Gasteiger partial charge on any atom is -0.457 e. The number of aryl methyl sites for hydroxylation is 2. The van der Waals surface area contributed by atoms with Gasteiger partial charge in [0.1, 0.15) is 23.0 Å². The Hall–Kier alpha value is -5.55. The van der Waals surface area contributed by atoms with Gasteiger partial charge in [0.25, 0.3) is 0 Å². The first kappa shape index (κ1) is 27.3. The highest BCUT2D eigenvalue weighted by molar-refractivity contribution is 5.83. The SMILES string of the molecule is Cc1cc2c(cc1C)N(c1cccc(Oc3cccc(-c4cc(-c5cccc(Oc6ccccc6)c5)ccn4)c3)c1)CN2C. The number of ether oxygens (including phenoxy) is 2. The fraction of sp³-hybridized carbons (Fsp3) is 0.103. The summed E-state index contributed by atoms with van der Waals surface area (Å²) in [5.41, 5.74) is 10.1. The van der Waals surface area contributed by atoms with Crippen molar-refractivity contribution in [3.63, 3.8) is 0 Å². The zero-order valence-corrected chi connectivity index (χ0v) is 25.1. The van der Waals surface area contributed by atoms with Gasteiger partial charge >= 0.3 is 0 Å². The molecule has 0 saturated heterocycles. The number of benzene rings is 5. The van der Waals surface area contributed by atoms with Gasteiger partial charge in [0, 0.05) is 30.6 Å². The Morgan fingerprint density at radius 3 is 1.91 bits per heavy atom. The molecule has 0 fully saturated rings. The molecule has 6 aromatic rings. The summed E-state index contributed by atoms with van der Waals surface area (Å²) < 4.78 is 12.5. The smallest absolute Gasteiger partial charge is 0.129 e. The van der Waals surface area contributed by atoms with Gasteiger partial charge in [-0.25, -0.2) is 0 Å². The van der Waals surface area contributed by atoms with Gasteiger partial charge in [-0.3, -0.25) is 4.98 Å². The lowest BCUT2D eigenvalue weighted by Gasteiger charge is -2.20. The van der Waals surface area contributed by atoms with E-state index in [4.69, 9.17) is 9.47 Å². The molecule has 7 rings (SSSR count). The number of hydrogen-bond donors (Lipinski definition) is 0. The molecule has 216 valence electrons. The standard InChI is InChI=1S/C39H33N3O2/c1-27-20-38-39(21-28(27)2)42(26-41(38)3)32-12-9-17-36(25-32)44-35-16-8-11-31(23-35)37-24-30(18-19-40-37)29-10-7-15-34(22-29)43-33-13-5-4-6-14-33/h4-25H,26H2,1-3H3. The third-order valence-electron chi connectivity index (χ3n) is 8.05. The van der Waals surface area contributed by atoms with Crippen LogP contribution in [0, 0.1) is 13.8 Å². The highest BCUT2D eigenvalue weighted by Gasteiger charge is 2.25. The Bertz CT molecular complexity index is 1950. The summed E-state index contributed by atoms with van der Waals surface area (Å²) in [4.78, 5) is 9.30. The van der Waals surface area contributed by atoms with Crippen LogP contribution in [0.15, 0.2) is 134 Å². The molecule has 0 N–H and O–H groups in total. The summed E-state index contributed by atoms with van der Waals surface area (Å²) in [7, 11) is 2.14. The van der Waals surface area contributed by atoms with Gasteiger partial charge < -0.3 is 19.3 Å². The Kier molecular flexibility index (Phi) is 7.20. The van der Waals surface area contributed by atoms with Crippen molar-refractivity contribution in [1.29, 1.82) is 0 Å². The number of rotatable bonds is 7. The van der Waals surface area contributed by atoms with Crippen LogP contribution in [0.5, 0.6) is 23.0 Å². The predicted molar refractivity (Wildman–Crippen MR) is 179 cm³/mol. The quantitative estimate of drug-likeness (QED) is 0.189. The van der Waals surface area contributed by atoms with Crippen LogP contribution in [0.3, 0.4) is 0 Å². The van der Waals surface area contributed by atoms with Crippen molar-refractivity contribution in [2.24, 2.45) is 0 Å². The van der Waals surface area contributed by atoms with Crippen molar-refractivity contribution < 1.29 is 9.47 Å². The number of fused-ring (bicyclic) bond motifs is 1. The zero-order valence-electron chi connectivity index (χ0n) is 25.1. The molecule has 0 bridgehead atoms. The van der Waals surface area contributed by atoms with Crippen molar-refractivity contribution in [3.05, 3.63) is 145 Å². The summed E-state index contributed by atoms with van der Waals surface area (Å²) in [5.74, 6) is 3.15. The van der Waals surface area contributed by atoms with E-state index < -0.39 is 0 Å². The third kappa shape index (κ3) is 5.60. The molecule has 0 atom stereocenters. The number of nitrogens with zero attached hydrogens (tertiary/aromatic N) is 3. The molecule has 0 aliphatic carbocycles. The van der Waals surface area contributed by atoms with Gasteiger partial charge in [-0.05, 0) is 109 Å². The number of hydrogen-bond acceptors (Lipinski definition) is 5. The molecule has 1 aliphatic rings. The topological polar surface area (TPSA) is 37.8 Å². The van der Waals surface area contributed by atoms with Crippen LogP contribution in [-0.2, 0) is 0 Å². The summed E-state index contributed by atoms with van der Waals surface area (Å²) in [6.45, 7) is 5.13. The second-order valence-electron chi connectivity index (χ2n) is 11.2. The van der Waals surface area contributed by atoms with Crippen molar-refractivity contribution in [3.8, 4) is 45.4 Å². The van der Waals surface area contributed by atoms with E-state index in [9.17, 15) is 0 Å². The molecule has 5 aromatic carbocycles. The van der Waals surface area contributed by atoms with E-state index in [-0.39, 0.29) is 0 Å². The van der Waals surface area contributed by atoms with Crippen LogP contribution >= 0.6 is 0 Å². The minimum absolute atomic E-state index is 0.760. The fourth-order valence-electron chi connectivity index (χ4n) is 5.59. The van der Waals surface area contributed by atoms with Gasteiger partial charge in [0.2, 0.25) is 0 Å². The molecule has 5 heteroatoms. The van der Waals surface area contributed by atoms with E-state index in [1.807, 2.05) is 85.1 Å². The third-order valence-corrected chi connectivity index (χ3v) is 8.05. The normalized spacial score (nSPS) is 12.2. The van der Waals surface area contributed by atoms with Crippen LogP contribution in [0.4, 0.5) is 17.1 Å². The second-order valence-corrected chi connectivity index (χ2v) is 11.2. The monoisotopic (exact) mass is 575 g/mol. The maximum absolute atomic E-state index is 6.40. The Morgan fingerprint density at radius 2 is 1.14 bits per heavy atom. The van der Waals surface area contributed by atoms with Gasteiger partial charge in [-0.15, -0.1) is 0 Å². The number of aromatic nitrogens is 1. The lowest BCUT2D eigenvalue weighted by Crippen LogP contribution is -2.23. The Morgan fingerprint density at radius 1 is 0.545 bits per heavy atom. The molecule has 44 heavy (non-hydrogen) atoms. The fourth-order valence-corrected chi connectivity index (χ4v) is 5.59. The van der Waals surface area contributed by atoms with Crippen LogP contribution in [-0.4, -0.2) is 18.7 Å². The molecule has 5 nitrogen and oxygen atoms in total. The number of pyridine rings is 1. The first-order chi connectivity index (χ1) is 21.5. The van der Waals surface area contributed by atoms with Crippen LogP contribution in [0.2, 0.25) is 0 Å². The lowest BCUT2D eigenvalue weighted by atomic mass is 10.0. The molecule has 2 heterocycles. The van der Waals surface area contributed by atoms with Crippen molar-refractivity contribution in [2.75, 3.05) is 23.5 Å². The van der Waals surface area contributed by atoms with Gasteiger partial charge in [0.15, 0.2) is 0 Å². The summed E-state index contributed by atoms with van der Waals surface area (Å²) in [5, 5.41) is 0. The summed E-state index contributed by atoms with van der Waals surface area (Å²) >= 11 is 0. The average Bonchev–Trinajstić information content (AvgIpc) is 3.37. The highest BCUT2D eigenvalue weighted by Crippen LogP contribution is 2.42. The van der Waals surface area contributed by atoms with E-state index in [1.54, 1.807) is 0 Å². The predicted octanol–water partition coefficient (Wildman–Crippen LogP) is 10.2. The van der Waals surface area contributed by atoms with Gasteiger partial charge in [-0.2, -0.15) is 0 Å². The highest BCUT2D eigenvalue weighted by atomic mass is 16.5. The maximum atomic E-state index is 6.40. The lowest BCUT2D eigenvalue weighted by molar-refractivity contribution is 0.482. The van der Waals surface area contributed by atoms with Crippen LogP contribution < -0.4 is 19.3 Å². The number of para-hydroxylation sites is 1. The van der Waals surface area contributed by atoms with Gasteiger partial charge in [0.05, 0.1) is 23.7 Å². The molecule has 1 aromatic heterocycles. The first-order valence-corrected chi connectivity index (χ1v) is 14.8. The Labute approximate surface area is 258 Å². The first-order valence-electron chi connectivity index (χ1n) is 14.8. The summed E-state index contributed by atoms with van der Waals surface area (Å²) in [6.07, 6.45) is 1.85. The molecule has 0 unspecified atom stereocenters. The molecule has 0 radical (unpaired) electrons. The van der Waals surface area contributed by atoms with Crippen molar-refractivity contribution >= 4 is 17.1 Å². The van der Waals surface area contributed by atoms with Crippen molar-refractivity contribution in [2.45, 2.75) is 13.8 Å². The Balaban J connectivity index is 1.12. The summed E-state index contributed by atoms with van der Waals surface area (Å²) in [6, 6.07) is 43.0. The van der Waals surface area contributed by atoms with Crippen LogP contribution in [0.25, 0.3) is 22.4 Å². The van der Waals surface area contributed by atoms with E-state index in [0.29, 0.717) is 0 Å². The number of anilines is 3. The second kappa shape index (κ2) is 11.6. The average molecular weight is 576 g/mol. The molecule has 0 saturated carbocycles. The van der Waals surface area contributed by atoms with E-state index in [1.165, 1.54) is 22.5 Å².